The Morgan fingerprint density at radius 1 is 1.00 bits per heavy atom. The highest BCUT2D eigenvalue weighted by Crippen LogP contribution is 2.05. The molecule has 0 fully saturated rings. The summed E-state index contributed by atoms with van der Waals surface area (Å²) in [4.78, 5) is 0. The zero-order valence-electron chi connectivity index (χ0n) is 7.48. The predicted molar refractivity (Wildman–Crippen MR) is 61.4 cm³/mol. The van der Waals surface area contributed by atoms with E-state index in [4.69, 9.17) is 0 Å². The van der Waals surface area contributed by atoms with Crippen molar-refractivity contribution in [3.05, 3.63) is 12.2 Å². The van der Waals surface area contributed by atoms with Gasteiger partial charge in [-0.25, -0.2) is 0 Å². The van der Waals surface area contributed by atoms with E-state index >= 15 is 0 Å². The van der Waals surface area contributed by atoms with Crippen LogP contribution >= 0.6 is 22.6 Å². The number of allylic oxidation sites excluding steroid dienone is 2. The number of hydrogen-bond acceptors (Lipinski definition) is 0. The molecular weight excluding hydrogens is 247 g/mol. The van der Waals surface area contributed by atoms with Crippen molar-refractivity contribution in [1.29, 1.82) is 0 Å². The zero-order valence-corrected chi connectivity index (χ0v) is 9.64. The summed E-state index contributed by atoms with van der Waals surface area (Å²) in [6, 6.07) is 0. The van der Waals surface area contributed by atoms with Gasteiger partial charge in [0.1, 0.15) is 0 Å². The van der Waals surface area contributed by atoms with Gasteiger partial charge in [0.05, 0.1) is 0 Å². The lowest BCUT2D eigenvalue weighted by atomic mass is 10.1. The average molecular weight is 266 g/mol. The second kappa shape index (κ2) is 10.5. The molecule has 0 spiro atoms. The summed E-state index contributed by atoms with van der Waals surface area (Å²) < 4.78 is 1.32. The van der Waals surface area contributed by atoms with E-state index in [0.717, 1.165) is 0 Å². The standard InChI is InChI=1S/C10H19I/c1-2-3-4-5-6-7-8-9-10-11/h3-4H,2,5-10H2,1H3. The second-order valence-electron chi connectivity index (χ2n) is 2.77. The SMILES string of the molecule is CCC=CCCCCCCI. The van der Waals surface area contributed by atoms with Crippen LogP contribution in [0.25, 0.3) is 0 Å². The van der Waals surface area contributed by atoms with Crippen molar-refractivity contribution in [2.45, 2.75) is 45.4 Å². The van der Waals surface area contributed by atoms with Crippen LogP contribution in [0.5, 0.6) is 0 Å². The molecule has 0 unspecified atom stereocenters. The summed E-state index contributed by atoms with van der Waals surface area (Å²) in [6.07, 6.45) is 12.7. The second-order valence-corrected chi connectivity index (χ2v) is 3.85. The van der Waals surface area contributed by atoms with Gasteiger partial charge in [0.25, 0.3) is 0 Å². The van der Waals surface area contributed by atoms with Gasteiger partial charge in [0, 0.05) is 0 Å². The summed E-state index contributed by atoms with van der Waals surface area (Å²) in [5, 5.41) is 0. The molecule has 0 radical (unpaired) electrons. The number of unbranched alkanes of at least 4 members (excludes halogenated alkanes) is 4. The van der Waals surface area contributed by atoms with Crippen molar-refractivity contribution in [3.8, 4) is 0 Å². The summed E-state index contributed by atoms with van der Waals surface area (Å²) in [7, 11) is 0. The monoisotopic (exact) mass is 266 g/mol. The fraction of sp³-hybridized carbons (Fsp3) is 0.800. The molecule has 0 aliphatic heterocycles. The molecule has 0 N–H and O–H groups in total. The molecule has 0 aliphatic rings. The molecule has 0 atom stereocenters. The first kappa shape index (κ1) is 11.5. The molecule has 0 amide bonds. The van der Waals surface area contributed by atoms with Crippen LogP contribution in [-0.4, -0.2) is 4.43 Å². The van der Waals surface area contributed by atoms with Crippen LogP contribution in [0.15, 0.2) is 12.2 Å². The van der Waals surface area contributed by atoms with E-state index in [1.54, 1.807) is 0 Å². The average Bonchev–Trinajstić information content (AvgIpc) is 2.03. The number of rotatable bonds is 7. The van der Waals surface area contributed by atoms with Crippen LogP contribution < -0.4 is 0 Å². The Balaban J connectivity index is 2.85. The number of halogens is 1. The van der Waals surface area contributed by atoms with Crippen molar-refractivity contribution in [2.24, 2.45) is 0 Å². The maximum Gasteiger partial charge on any atom is -0.000473 e. The molecule has 66 valence electrons. The Bertz CT molecular complexity index is 86.9. The minimum atomic E-state index is 1.19. The van der Waals surface area contributed by atoms with Crippen LogP contribution in [0.3, 0.4) is 0 Å². The van der Waals surface area contributed by atoms with Gasteiger partial charge in [-0.1, -0.05) is 54.5 Å². The Kier molecular flexibility index (Phi) is 10.9. The molecule has 0 heterocycles. The molecule has 1 heteroatoms. The highest BCUT2D eigenvalue weighted by molar-refractivity contribution is 14.1. The predicted octanol–water partition coefficient (Wildman–Crippen LogP) is 4.34. The maximum absolute atomic E-state index is 2.45. The van der Waals surface area contributed by atoms with Gasteiger partial charge in [0.2, 0.25) is 0 Å². The smallest absolute Gasteiger partial charge is 0.000473 e. The van der Waals surface area contributed by atoms with Crippen molar-refractivity contribution in [3.63, 3.8) is 0 Å². The van der Waals surface area contributed by atoms with Gasteiger partial charge in [-0.2, -0.15) is 0 Å². The Hall–Kier alpha value is 0.470. The lowest BCUT2D eigenvalue weighted by Crippen LogP contribution is -1.77. The van der Waals surface area contributed by atoms with Crippen molar-refractivity contribution < 1.29 is 0 Å². The molecule has 0 saturated heterocycles. The van der Waals surface area contributed by atoms with Crippen molar-refractivity contribution in [2.75, 3.05) is 4.43 Å². The minimum Gasteiger partial charge on any atom is -0.0888 e. The van der Waals surface area contributed by atoms with Crippen LogP contribution in [0.2, 0.25) is 0 Å². The molecule has 0 nitrogen and oxygen atoms in total. The minimum absolute atomic E-state index is 1.19. The summed E-state index contributed by atoms with van der Waals surface area (Å²) >= 11 is 2.45. The molecule has 0 saturated carbocycles. The van der Waals surface area contributed by atoms with E-state index in [2.05, 4.69) is 41.7 Å². The van der Waals surface area contributed by atoms with E-state index in [1.807, 2.05) is 0 Å². The first-order valence-corrected chi connectivity index (χ1v) is 6.15. The molecule has 0 aliphatic carbocycles. The van der Waals surface area contributed by atoms with Crippen LogP contribution in [0.4, 0.5) is 0 Å². The van der Waals surface area contributed by atoms with E-state index < -0.39 is 0 Å². The topological polar surface area (TPSA) is 0 Å². The van der Waals surface area contributed by atoms with E-state index in [0.29, 0.717) is 0 Å². The number of alkyl halides is 1. The number of hydrogen-bond donors (Lipinski definition) is 0. The third-order valence-corrected chi connectivity index (χ3v) is 2.42. The van der Waals surface area contributed by atoms with Crippen LogP contribution in [0.1, 0.15) is 45.4 Å². The fourth-order valence-electron chi connectivity index (χ4n) is 0.995. The highest BCUT2D eigenvalue weighted by atomic mass is 127. The summed E-state index contributed by atoms with van der Waals surface area (Å²) in [6.45, 7) is 2.19. The Labute approximate surface area is 84.6 Å². The normalized spacial score (nSPS) is 11.1. The van der Waals surface area contributed by atoms with Crippen LogP contribution in [-0.2, 0) is 0 Å². The van der Waals surface area contributed by atoms with E-state index in [-0.39, 0.29) is 0 Å². The molecule has 0 bridgehead atoms. The summed E-state index contributed by atoms with van der Waals surface area (Å²) in [5.74, 6) is 0. The van der Waals surface area contributed by atoms with E-state index in [9.17, 15) is 0 Å². The van der Waals surface area contributed by atoms with Crippen molar-refractivity contribution in [1.82, 2.24) is 0 Å². The third-order valence-electron chi connectivity index (χ3n) is 1.66. The van der Waals surface area contributed by atoms with Gasteiger partial charge >= 0.3 is 0 Å². The maximum atomic E-state index is 2.45. The zero-order chi connectivity index (χ0) is 8.36. The van der Waals surface area contributed by atoms with Gasteiger partial charge in [-0.15, -0.1) is 0 Å². The van der Waals surface area contributed by atoms with Gasteiger partial charge in [0.15, 0.2) is 0 Å². The lowest BCUT2D eigenvalue weighted by Gasteiger charge is -1.94. The van der Waals surface area contributed by atoms with Crippen LogP contribution in [0, 0.1) is 0 Å². The molecule has 0 aromatic carbocycles. The molecular formula is C10H19I. The Morgan fingerprint density at radius 2 is 1.73 bits per heavy atom. The highest BCUT2D eigenvalue weighted by Gasteiger charge is 1.85. The van der Waals surface area contributed by atoms with Crippen molar-refractivity contribution >= 4 is 22.6 Å². The Morgan fingerprint density at radius 3 is 2.36 bits per heavy atom. The molecule has 11 heavy (non-hydrogen) atoms. The largest absolute Gasteiger partial charge is 0.0888 e. The van der Waals surface area contributed by atoms with Gasteiger partial charge in [-0.3, -0.25) is 0 Å². The molecule has 0 rings (SSSR count). The lowest BCUT2D eigenvalue weighted by molar-refractivity contribution is 0.680. The molecule has 0 aromatic heterocycles. The third kappa shape index (κ3) is 10.5. The quantitative estimate of drug-likeness (QED) is 0.278. The summed E-state index contributed by atoms with van der Waals surface area (Å²) in [5.41, 5.74) is 0. The van der Waals surface area contributed by atoms with Gasteiger partial charge in [-0.05, 0) is 30.1 Å². The molecule has 0 aromatic rings. The first-order chi connectivity index (χ1) is 5.41. The fourth-order valence-corrected chi connectivity index (χ4v) is 1.53. The first-order valence-electron chi connectivity index (χ1n) is 4.62. The van der Waals surface area contributed by atoms with Gasteiger partial charge < -0.3 is 0 Å². The van der Waals surface area contributed by atoms with E-state index in [1.165, 1.54) is 43.0 Å².